The molecule has 1 aliphatic rings. The van der Waals surface area contributed by atoms with Crippen LogP contribution in [0.15, 0.2) is 48.5 Å². The summed E-state index contributed by atoms with van der Waals surface area (Å²) in [7, 11) is 0. The third-order valence-corrected chi connectivity index (χ3v) is 3.98. The van der Waals surface area contributed by atoms with Gasteiger partial charge >= 0.3 is 0 Å². The van der Waals surface area contributed by atoms with E-state index in [0.717, 1.165) is 27.6 Å². The second-order valence-corrected chi connectivity index (χ2v) is 5.20. The van der Waals surface area contributed by atoms with E-state index in [9.17, 15) is 4.79 Å². The quantitative estimate of drug-likeness (QED) is 0.638. The van der Waals surface area contributed by atoms with Crippen molar-refractivity contribution >= 4 is 16.8 Å². The van der Waals surface area contributed by atoms with Gasteiger partial charge in [-0.3, -0.25) is 4.79 Å². The summed E-state index contributed by atoms with van der Waals surface area (Å²) in [6.07, 6.45) is 0. The molecule has 0 spiro atoms. The summed E-state index contributed by atoms with van der Waals surface area (Å²) >= 11 is 0. The summed E-state index contributed by atoms with van der Waals surface area (Å²) in [6.45, 7) is 2.02. The molecule has 0 saturated carbocycles. The molecule has 4 rings (SSSR count). The van der Waals surface area contributed by atoms with Crippen LogP contribution < -0.4 is 5.32 Å². The van der Waals surface area contributed by atoms with E-state index < -0.39 is 0 Å². The molecular weight excluding hydrogens is 248 g/mol. The number of hydrogen-bond acceptors (Lipinski definition) is 1. The topological polar surface area (TPSA) is 44.9 Å². The van der Waals surface area contributed by atoms with E-state index in [4.69, 9.17) is 0 Å². The monoisotopic (exact) mass is 262 g/mol. The highest BCUT2D eigenvalue weighted by Crippen LogP contribution is 2.38. The fourth-order valence-electron chi connectivity index (χ4n) is 3.04. The Morgan fingerprint density at radius 2 is 1.75 bits per heavy atom. The predicted molar refractivity (Wildman–Crippen MR) is 79.6 cm³/mol. The second-order valence-electron chi connectivity index (χ2n) is 5.20. The lowest BCUT2D eigenvalue weighted by atomic mass is 9.95. The third kappa shape index (κ3) is 1.43. The molecule has 3 heteroatoms. The maximum absolute atomic E-state index is 12.4. The van der Waals surface area contributed by atoms with Crippen LogP contribution in [0.4, 0.5) is 0 Å². The number of rotatable bonds is 0. The molecule has 20 heavy (non-hydrogen) atoms. The van der Waals surface area contributed by atoms with Crippen molar-refractivity contribution in [3.05, 3.63) is 59.8 Å². The first-order valence-electron chi connectivity index (χ1n) is 6.76. The van der Waals surface area contributed by atoms with Gasteiger partial charge in [0, 0.05) is 16.5 Å². The minimum Gasteiger partial charge on any atom is -0.350 e. The van der Waals surface area contributed by atoms with Crippen molar-refractivity contribution in [2.75, 3.05) is 0 Å². The van der Waals surface area contributed by atoms with Crippen LogP contribution in [0.3, 0.4) is 0 Å². The summed E-state index contributed by atoms with van der Waals surface area (Å²) in [6, 6.07) is 16.3. The summed E-state index contributed by atoms with van der Waals surface area (Å²) in [4.78, 5) is 15.7. The number of aromatic nitrogens is 1. The first kappa shape index (κ1) is 11.3. The minimum absolute atomic E-state index is 0.0123. The Morgan fingerprint density at radius 3 is 2.65 bits per heavy atom. The van der Waals surface area contributed by atoms with Crippen molar-refractivity contribution in [3.63, 3.8) is 0 Å². The molecule has 0 radical (unpaired) electrons. The lowest BCUT2D eigenvalue weighted by Crippen LogP contribution is -2.25. The predicted octanol–water partition coefficient (Wildman–Crippen LogP) is 3.64. The zero-order valence-electron chi connectivity index (χ0n) is 11.1. The summed E-state index contributed by atoms with van der Waals surface area (Å²) in [5.74, 6) is -0.0418. The van der Waals surface area contributed by atoms with E-state index in [1.165, 1.54) is 0 Å². The first-order chi connectivity index (χ1) is 9.75. The number of H-pyrrole nitrogens is 1. The number of carbonyl (C=O) groups is 1. The Morgan fingerprint density at radius 1 is 1.00 bits per heavy atom. The van der Waals surface area contributed by atoms with Gasteiger partial charge in [0.15, 0.2) is 0 Å². The standard InChI is InChI=1S/C17H14N2O/c1-10-11-6-2-3-7-12(11)15-13-8-4-5-9-14(13)19-16(15)17(20)18-10/h2-10,19H,1H3,(H,18,20)/t10-/m0/s1. The fraction of sp³-hybridized carbons (Fsp3) is 0.118. The van der Waals surface area contributed by atoms with Gasteiger partial charge in [-0.05, 0) is 24.1 Å². The number of hydrogen-bond donors (Lipinski definition) is 2. The smallest absolute Gasteiger partial charge is 0.268 e. The summed E-state index contributed by atoms with van der Waals surface area (Å²) in [5, 5.41) is 4.14. The lowest BCUT2D eigenvalue weighted by Gasteiger charge is -2.13. The van der Waals surface area contributed by atoms with Crippen molar-refractivity contribution in [1.82, 2.24) is 10.3 Å². The molecule has 98 valence electrons. The molecule has 2 heterocycles. The number of amides is 1. The van der Waals surface area contributed by atoms with Gasteiger partial charge in [0.1, 0.15) is 5.69 Å². The van der Waals surface area contributed by atoms with Gasteiger partial charge in [0.25, 0.3) is 5.91 Å². The van der Waals surface area contributed by atoms with Crippen molar-refractivity contribution in [2.45, 2.75) is 13.0 Å². The van der Waals surface area contributed by atoms with E-state index in [-0.39, 0.29) is 11.9 Å². The Balaban J connectivity index is 2.16. The maximum Gasteiger partial charge on any atom is 0.268 e. The van der Waals surface area contributed by atoms with E-state index >= 15 is 0 Å². The van der Waals surface area contributed by atoms with Gasteiger partial charge in [0.2, 0.25) is 0 Å². The molecule has 0 saturated heterocycles. The molecule has 0 aliphatic carbocycles. The normalized spacial score (nSPS) is 17.2. The van der Waals surface area contributed by atoms with Gasteiger partial charge in [-0.15, -0.1) is 0 Å². The average Bonchev–Trinajstić information content (AvgIpc) is 2.82. The SMILES string of the molecule is C[C@@H]1NC(=O)c2[nH]c3ccccc3c2-c2ccccc21. The lowest BCUT2D eigenvalue weighted by molar-refractivity contribution is 0.0938. The minimum atomic E-state index is -0.0418. The van der Waals surface area contributed by atoms with E-state index in [2.05, 4.69) is 28.5 Å². The third-order valence-electron chi connectivity index (χ3n) is 3.98. The molecule has 0 unspecified atom stereocenters. The Hall–Kier alpha value is -2.55. The van der Waals surface area contributed by atoms with Crippen molar-refractivity contribution < 1.29 is 4.79 Å². The molecule has 1 atom stereocenters. The molecule has 2 N–H and O–H groups in total. The molecule has 0 fully saturated rings. The molecule has 3 aromatic rings. The molecule has 2 aromatic carbocycles. The van der Waals surface area contributed by atoms with Gasteiger partial charge in [0.05, 0.1) is 6.04 Å². The molecule has 0 bridgehead atoms. The molecular formula is C17H14N2O. The fourth-order valence-corrected chi connectivity index (χ4v) is 3.04. The van der Waals surface area contributed by atoms with Crippen molar-refractivity contribution in [3.8, 4) is 11.1 Å². The number of benzene rings is 2. The number of para-hydroxylation sites is 1. The Labute approximate surface area is 116 Å². The number of aromatic amines is 1. The number of nitrogens with one attached hydrogen (secondary N) is 2. The van der Waals surface area contributed by atoms with Crippen LogP contribution in [0.2, 0.25) is 0 Å². The van der Waals surface area contributed by atoms with Crippen LogP contribution in [-0.4, -0.2) is 10.9 Å². The van der Waals surface area contributed by atoms with Gasteiger partial charge in [-0.1, -0.05) is 42.5 Å². The van der Waals surface area contributed by atoms with Crippen LogP contribution in [0, 0.1) is 0 Å². The van der Waals surface area contributed by atoms with Crippen molar-refractivity contribution in [1.29, 1.82) is 0 Å². The number of carbonyl (C=O) groups excluding carboxylic acids is 1. The van der Waals surface area contributed by atoms with E-state index in [1.807, 2.05) is 37.3 Å². The Kier molecular flexibility index (Phi) is 2.24. The first-order valence-corrected chi connectivity index (χ1v) is 6.76. The van der Waals surface area contributed by atoms with Crippen LogP contribution in [0.5, 0.6) is 0 Å². The van der Waals surface area contributed by atoms with E-state index in [0.29, 0.717) is 5.69 Å². The van der Waals surface area contributed by atoms with Crippen LogP contribution in [0.1, 0.15) is 29.0 Å². The zero-order valence-corrected chi connectivity index (χ0v) is 11.1. The van der Waals surface area contributed by atoms with Gasteiger partial charge in [-0.25, -0.2) is 0 Å². The van der Waals surface area contributed by atoms with E-state index in [1.54, 1.807) is 0 Å². The van der Waals surface area contributed by atoms with Crippen LogP contribution in [0.25, 0.3) is 22.0 Å². The Bertz CT molecular complexity index is 832. The summed E-state index contributed by atoms with van der Waals surface area (Å²) in [5.41, 5.74) is 4.95. The molecule has 1 aliphatic heterocycles. The highest BCUT2D eigenvalue weighted by molar-refractivity contribution is 6.11. The summed E-state index contributed by atoms with van der Waals surface area (Å²) < 4.78 is 0. The highest BCUT2D eigenvalue weighted by Gasteiger charge is 2.26. The van der Waals surface area contributed by atoms with Crippen LogP contribution >= 0.6 is 0 Å². The maximum atomic E-state index is 12.4. The highest BCUT2D eigenvalue weighted by atomic mass is 16.2. The van der Waals surface area contributed by atoms with Crippen LogP contribution in [-0.2, 0) is 0 Å². The van der Waals surface area contributed by atoms with Gasteiger partial charge < -0.3 is 10.3 Å². The zero-order chi connectivity index (χ0) is 13.7. The largest absolute Gasteiger partial charge is 0.350 e. The second kappa shape index (κ2) is 3.97. The average molecular weight is 262 g/mol. The van der Waals surface area contributed by atoms with Crippen molar-refractivity contribution in [2.24, 2.45) is 0 Å². The molecule has 3 nitrogen and oxygen atoms in total. The molecule has 1 amide bonds. The molecule has 1 aromatic heterocycles. The van der Waals surface area contributed by atoms with Gasteiger partial charge in [-0.2, -0.15) is 0 Å². The number of fused-ring (bicyclic) bond motifs is 5.